The number of nitrogens with two attached hydrogens (primary N) is 1. The smallest absolute Gasteiger partial charge is 0.476 e. The summed E-state index contributed by atoms with van der Waals surface area (Å²) in [5, 5.41) is 8.62. The van der Waals surface area contributed by atoms with Gasteiger partial charge in [-0.15, -0.1) is 10.2 Å². The number of nitrogens with zero attached hydrogens (tertiary/aromatic N) is 7. The molecular weight excluding hydrogens is 652 g/mol. The lowest BCUT2D eigenvalue weighted by Gasteiger charge is -2.43. The number of para-hydroxylation sites is 1. The van der Waals surface area contributed by atoms with Crippen molar-refractivity contribution in [1.82, 2.24) is 25.0 Å². The highest BCUT2D eigenvalue weighted by Gasteiger charge is 2.41. The number of piperazine rings is 2. The minimum atomic E-state index is -0.826. The van der Waals surface area contributed by atoms with Crippen molar-refractivity contribution in [3.8, 4) is 22.9 Å². The first-order valence-corrected chi connectivity index (χ1v) is 17.5. The fourth-order valence-electron chi connectivity index (χ4n) is 7.04. The van der Waals surface area contributed by atoms with Crippen LogP contribution in [0.25, 0.3) is 11.3 Å². The largest absolute Gasteiger partial charge is 0.514 e. The molecule has 2 unspecified atom stereocenters. The van der Waals surface area contributed by atoms with Gasteiger partial charge in [0.15, 0.2) is 5.82 Å². The summed E-state index contributed by atoms with van der Waals surface area (Å²) in [6.07, 6.45) is 4.28. The highest BCUT2D eigenvalue weighted by atomic mass is 16.7. The fraction of sp³-hybridized carbons (Fsp3) is 0.486. The predicted octanol–water partition coefficient (Wildman–Crippen LogP) is 5.00. The van der Waals surface area contributed by atoms with Crippen molar-refractivity contribution in [3.63, 3.8) is 0 Å². The van der Waals surface area contributed by atoms with Crippen LogP contribution in [0.2, 0.25) is 0 Å². The Morgan fingerprint density at radius 2 is 1.80 bits per heavy atom. The van der Waals surface area contributed by atoms with E-state index >= 15 is 0 Å². The van der Waals surface area contributed by atoms with Gasteiger partial charge in [0.2, 0.25) is 5.88 Å². The SMILES string of the molecule is C=CCOC(=O)Oc1ccccc1-c1cc(N2CC3CCC(C2)N3c2ccnc(OCCN3CCN(C(=O)OC(C)(C)C)C[C@H]3C)c2)c(N)nn1. The van der Waals surface area contributed by atoms with E-state index in [-0.39, 0.29) is 30.8 Å². The molecule has 6 rings (SSSR count). The zero-order valence-corrected chi connectivity index (χ0v) is 29.9. The van der Waals surface area contributed by atoms with E-state index in [2.05, 4.69) is 43.4 Å². The maximum Gasteiger partial charge on any atom is 0.514 e. The maximum atomic E-state index is 12.5. The van der Waals surface area contributed by atoms with Gasteiger partial charge in [0, 0.05) is 80.9 Å². The Hall–Kier alpha value is -5.11. The Balaban J connectivity index is 1.07. The molecule has 3 aliphatic heterocycles. The van der Waals surface area contributed by atoms with Crippen molar-refractivity contribution in [3.05, 3.63) is 61.3 Å². The molecule has 14 nitrogen and oxygen atoms in total. The minimum absolute atomic E-state index is 0.0476. The third kappa shape index (κ3) is 8.62. The Morgan fingerprint density at radius 3 is 2.53 bits per heavy atom. The number of pyridine rings is 1. The van der Waals surface area contributed by atoms with Crippen molar-refractivity contribution in [1.29, 1.82) is 0 Å². The van der Waals surface area contributed by atoms with E-state index in [0.29, 0.717) is 48.4 Å². The third-order valence-corrected chi connectivity index (χ3v) is 9.36. The molecule has 51 heavy (non-hydrogen) atoms. The Morgan fingerprint density at radius 1 is 1.04 bits per heavy atom. The van der Waals surface area contributed by atoms with Crippen LogP contribution in [-0.4, -0.2) is 113 Å². The van der Waals surface area contributed by atoms with Gasteiger partial charge in [-0.1, -0.05) is 24.8 Å². The molecule has 14 heteroatoms. The number of rotatable bonds is 10. The molecule has 3 saturated heterocycles. The van der Waals surface area contributed by atoms with Gasteiger partial charge in [-0.25, -0.2) is 14.6 Å². The quantitative estimate of drug-likeness (QED) is 0.172. The van der Waals surface area contributed by atoms with Gasteiger partial charge in [0.25, 0.3) is 0 Å². The van der Waals surface area contributed by atoms with Gasteiger partial charge in [-0.05, 0) is 64.8 Å². The summed E-state index contributed by atoms with van der Waals surface area (Å²) in [4.78, 5) is 38.1. The summed E-state index contributed by atoms with van der Waals surface area (Å²) >= 11 is 0. The van der Waals surface area contributed by atoms with Crippen molar-refractivity contribution in [2.24, 2.45) is 0 Å². The molecule has 0 spiro atoms. The molecular formula is C37H48N8O6. The molecule has 2 N–H and O–H groups in total. The molecule has 0 radical (unpaired) electrons. The number of carbonyl (C=O) groups excluding carboxylic acids is 2. The first-order valence-electron chi connectivity index (χ1n) is 17.5. The van der Waals surface area contributed by atoms with Crippen molar-refractivity contribution in [2.45, 2.75) is 64.3 Å². The van der Waals surface area contributed by atoms with Crippen molar-refractivity contribution < 1.29 is 28.5 Å². The number of nitrogen functional groups attached to an aromatic ring is 1. The summed E-state index contributed by atoms with van der Waals surface area (Å²) in [5.41, 5.74) is 8.91. The summed E-state index contributed by atoms with van der Waals surface area (Å²) in [5.74, 6) is 1.25. The molecule has 3 fully saturated rings. The molecule has 3 aromatic rings. The van der Waals surface area contributed by atoms with Crippen LogP contribution in [0, 0.1) is 0 Å². The van der Waals surface area contributed by atoms with Crippen LogP contribution in [0.15, 0.2) is 61.3 Å². The summed E-state index contributed by atoms with van der Waals surface area (Å²) in [6.45, 7) is 16.1. The molecule has 3 atom stereocenters. The van der Waals surface area contributed by atoms with E-state index < -0.39 is 11.8 Å². The van der Waals surface area contributed by atoms with Gasteiger partial charge >= 0.3 is 12.2 Å². The highest BCUT2D eigenvalue weighted by molar-refractivity contribution is 5.77. The van der Waals surface area contributed by atoms with Crippen LogP contribution < -0.4 is 25.0 Å². The monoisotopic (exact) mass is 700 g/mol. The number of carbonyl (C=O) groups is 2. The number of hydrogen-bond acceptors (Lipinski definition) is 13. The molecule has 3 aliphatic rings. The molecule has 2 bridgehead atoms. The average molecular weight is 701 g/mol. The third-order valence-electron chi connectivity index (χ3n) is 9.36. The topological polar surface area (TPSA) is 149 Å². The second-order valence-corrected chi connectivity index (χ2v) is 14.2. The van der Waals surface area contributed by atoms with Gasteiger partial charge in [0.05, 0.1) is 11.4 Å². The maximum absolute atomic E-state index is 12.5. The van der Waals surface area contributed by atoms with Crippen LogP contribution >= 0.6 is 0 Å². The zero-order chi connectivity index (χ0) is 36.1. The van der Waals surface area contributed by atoms with Crippen LogP contribution in [0.3, 0.4) is 0 Å². The lowest BCUT2D eigenvalue weighted by molar-refractivity contribution is 0.00423. The summed E-state index contributed by atoms with van der Waals surface area (Å²) < 4.78 is 22.2. The van der Waals surface area contributed by atoms with Crippen LogP contribution in [0.1, 0.15) is 40.5 Å². The lowest BCUT2D eigenvalue weighted by Crippen LogP contribution is -2.55. The average Bonchev–Trinajstić information content (AvgIpc) is 3.36. The van der Waals surface area contributed by atoms with E-state index in [1.54, 1.807) is 17.0 Å². The minimum Gasteiger partial charge on any atom is -0.476 e. The molecule has 2 aromatic heterocycles. The fourth-order valence-corrected chi connectivity index (χ4v) is 7.04. The number of fused-ring (bicyclic) bond motifs is 2. The molecule has 1 amide bonds. The first kappa shape index (κ1) is 35.7. The molecule has 272 valence electrons. The number of amides is 1. The lowest BCUT2D eigenvalue weighted by atomic mass is 10.1. The van der Waals surface area contributed by atoms with Crippen molar-refractivity contribution >= 4 is 29.4 Å². The van der Waals surface area contributed by atoms with Gasteiger partial charge in [0.1, 0.15) is 24.6 Å². The number of aromatic nitrogens is 3. The Bertz CT molecular complexity index is 1700. The van der Waals surface area contributed by atoms with E-state index in [0.717, 1.165) is 50.4 Å². The summed E-state index contributed by atoms with van der Waals surface area (Å²) in [6, 6.07) is 13.8. The second kappa shape index (κ2) is 15.4. The number of ether oxygens (including phenoxy) is 4. The van der Waals surface area contributed by atoms with Gasteiger partial charge in [-0.2, -0.15) is 0 Å². The van der Waals surface area contributed by atoms with Gasteiger partial charge < -0.3 is 39.4 Å². The normalized spacial score (nSPS) is 20.5. The molecule has 5 heterocycles. The van der Waals surface area contributed by atoms with Crippen LogP contribution in [0.5, 0.6) is 11.6 Å². The van der Waals surface area contributed by atoms with E-state index in [1.807, 2.05) is 57.3 Å². The number of hydrogen-bond donors (Lipinski definition) is 1. The van der Waals surface area contributed by atoms with E-state index in [9.17, 15) is 9.59 Å². The van der Waals surface area contributed by atoms with Crippen LogP contribution in [-0.2, 0) is 9.47 Å². The first-order chi connectivity index (χ1) is 24.5. The Labute approximate surface area is 299 Å². The van der Waals surface area contributed by atoms with E-state index in [4.69, 9.17) is 24.7 Å². The number of benzene rings is 1. The van der Waals surface area contributed by atoms with Crippen molar-refractivity contribution in [2.75, 3.05) is 68.0 Å². The Kier molecular flexibility index (Phi) is 10.8. The molecule has 0 aliphatic carbocycles. The molecule has 1 aromatic carbocycles. The predicted molar refractivity (Wildman–Crippen MR) is 194 cm³/mol. The van der Waals surface area contributed by atoms with Crippen LogP contribution in [0.4, 0.5) is 26.8 Å². The second-order valence-electron chi connectivity index (χ2n) is 14.2. The van der Waals surface area contributed by atoms with E-state index in [1.165, 1.54) is 6.08 Å². The highest BCUT2D eigenvalue weighted by Crippen LogP contribution is 2.39. The summed E-state index contributed by atoms with van der Waals surface area (Å²) in [7, 11) is 0. The standard InChI is InChI=1S/C37H48N8O6/c1-6-18-49-36(47)50-32-10-8-7-9-29(32)30-21-31(34(38)41-40-30)44-23-27-11-12-28(24-44)45(27)26-13-14-39-33(20-26)48-19-17-42-15-16-43(22-25(42)2)35(46)51-37(3,4)5/h6-10,13-14,20-21,25,27-28H,1,11-12,15-19,22-24H2,2-5H3,(H2,38,41)/t25-,27?,28?/m1/s1. The van der Waals surface area contributed by atoms with Gasteiger partial charge in [-0.3, -0.25) is 4.90 Å². The number of anilines is 3. The zero-order valence-electron chi connectivity index (χ0n) is 29.9. The molecule has 0 saturated carbocycles.